The van der Waals surface area contributed by atoms with Crippen LogP contribution < -0.4 is 0 Å². The van der Waals surface area contributed by atoms with Crippen molar-refractivity contribution in [1.29, 1.82) is 0 Å². The molecule has 2 aromatic carbocycles. The van der Waals surface area contributed by atoms with Crippen LogP contribution in [0.3, 0.4) is 0 Å². The van der Waals surface area contributed by atoms with Gasteiger partial charge in [-0.2, -0.15) is 5.10 Å². The molecule has 0 saturated carbocycles. The molecule has 1 aliphatic heterocycles. The number of nitrogens with zero attached hydrogens (tertiary/aromatic N) is 6. The van der Waals surface area contributed by atoms with Crippen LogP contribution >= 0.6 is 0 Å². The fourth-order valence-corrected chi connectivity index (χ4v) is 4.41. The molecule has 174 valence electrons. The van der Waals surface area contributed by atoms with Crippen molar-refractivity contribution in [2.45, 2.75) is 19.4 Å². The minimum Gasteiger partial charge on any atom is -0.330 e. The summed E-state index contributed by atoms with van der Waals surface area (Å²) in [6.07, 6.45) is 3.03. The Morgan fingerprint density at radius 1 is 1.00 bits per heavy atom. The molecular formula is C23H18F4N6O. The Morgan fingerprint density at radius 2 is 1.68 bits per heavy atom. The van der Waals surface area contributed by atoms with E-state index in [1.165, 1.54) is 40.1 Å². The van der Waals surface area contributed by atoms with E-state index < -0.39 is 29.3 Å². The summed E-state index contributed by atoms with van der Waals surface area (Å²) in [6.45, 7) is 2.10. The number of benzene rings is 2. The third kappa shape index (κ3) is 3.44. The Hall–Kier alpha value is -4.02. The second-order valence-corrected chi connectivity index (χ2v) is 8.05. The zero-order chi connectivity index (χ0) is 24.1. The van der Waals surface area contributed by atoms with Crippen molar-refractivity contribution in [2.24, 2.45) is 7.05 Å². The first-order chi connectivity index (χ1) is 16.3. The maximum absolute atomic E-state index is 14.3. The second-order valence-electron chi connectivity index (χ2n) is 8.05. The summed E-state index contributed by atoms with van der Waals surface area (Å²) < 4.78 is 58.3. The van der Waals surface area contributed by atoms with Crippen molar-refractivity contribution in [2.75, 3.05) is 6.54 Å². The van der Waals surface area contributed by atoms with Crippen LogP contribution in [0.2, 0.25) is 0 Å². The number of hydrogen-bond donors (Lipinski definition) is 0. The fraction of sp³-hybridized carbons (Fsp3) is 0.217. The van der Waals surface area contributed by atoms with Gasteiger partial charge in [0.05, 0.1) is 23.1 Å². The zero-order valence-corrected chi connectivity index (χ0v) is 18.1. The Balaban J connectivity index is 1.49. The molecule has 0 unspecified atom stereocenters. The first kappa shape index (κ1) is 21.8. The summed E-state index contributed by atoms with van der Waals surface area (Å²) in [5.41, 5.74) is 2.35. The monoisotopic (exact) mass is 470 g/mol. The van der Waals surface area contributed by atoms with Gasteiger partial charge in [-0.05, 0) is 43.7 Å². The Kier molecular flexibility index (Phi) is 5.18. The smallest absolute Gasteiger partial charge is 0.254 e. The lowest BCUT2D eigenvalue weighted by atomic mass is 9.95. The molecule has 5 rings (SSSR count). The van der Waals surface area contributed by atoms with E-state index in [1.54, 1.807) is 18.9 Å². The third-order valence-corrected chi connectivity index (χ3v) is 6.05. The topological polar surface area (TPSA) is 68.8 Å². The molecule has 0 aliphatic carbocycles. The number of aromatic nitrogens is 5. The summed E-state index contributed by atoms with van der Waals surface area (Å²) in [7, 11) is 1.62. The molecule has 0 bridgehead atoms. The molecule has 7 nitrogen and oxygen atoms in total. The van der Waals surface area contributed by atoms with E-state index in [1.807, 2.05) is 0 Å². The maximum atomic E-state index is 14.3. The molecule has 0 fully saturated rings. The van der Waals surface area contributed by atoms with E-state index in [4.69, 9.17) is 0 Å². The normalized spacial score (nSPS) is 15.5. The molecule has 1 amide bonds. The van der Waals surface area contributed by atoms with E-state index in [9.17, 15) is 22.4 Å². The number of hydrogen-bond acceptors (Lipinski definition) is 4. The molecule has 0 spiro atoms. The number of rotatable bonds is 3. The van der Waals surface area contributed by atoms with Gasteiger partial charge in [-0.15, -0.1) is 10.2 Å². The van der Waals surface area contributed by atoms with Gasteiger partial charge in [0.15, 0.2) is 17.5 Å². The number of amides is 1. The van der Waals surface area contributed by atoms with Gasteiger partial charge in [-0.25, -0.2) is 17.6 Å². The van der Waals surface area contributed by atoms with Crippen molar-refractivity contribution in [1.82, 2.24) is 29.4 Å². The van der Waals surface area contributed by atoms with Gasteiger partial charge in [0.1, 0.15) is 18.5 Å². The van der Waals surface area contributed by atoms with Gasteiger partial charge in [0, 0.05) is 30.3 Å². The average molecular weight is 470 g/mol. The molecule has 2 aromatic heterocycles. The standard InChI is InChI=1S/C23H18F4N6O/c1-12-21-15(22(31(2)30-21)14-7-17(25)20(27)18(26)8-14)5-6-33(12)23(34)13-3-4-16(24)19(9-13)32-10-28-29-11-32/h3-4,7-12H,5-6H2,1-2H3/t12-/m0/s1. The summed E-state index contributed by atoms with van der Waals surface area (Å²) in [5.74, 6) is -4.95. The predicted octanol–water partition coefficient (Wildman–Crippen LogP) is 3.98. The lowest BCUT2D eigenvalue weighted by Crippen LogP contribution is -2.39. The minimum atomic E-state index is -1.53. The second kappa shape index (κ2) is 8.08. The highest BCUT2D eigenvalue weighted by Crippen LogP contribution is 2.37. The number of fused-ring (bicyclic) bond motifs is 1. The predicted molar refractivity (Wildman–Crippen MR) is 113 cm³/mol. The molecule has 1 atom stereocenters. The van der Waals surface area contributed by atoms with E-state index in [-0.39, 0.29) is 22.7 Å². The van der Waals surface area contributed by atoms with Crippen LogP contribution in [-0.2, 0) is 13.5 Å². The number of carbonyl (C=O) groups excluding carboxylic acids is 1. The first-order valence-electron chi connectivity index (χ1n) is 10.4. The van der Waals surface area contributed by atoms with E-state index in [2.05, 4.69) is 15.3 Å². The van der Waals surface area contributed by atoms with Gasteiger partial charge in [-0.3, -0.25) is 14.0 Å². The van der Waals surface area contributed by atoms with Crippen molar-refractivity contribution in [3.63, 3.8) is 0 Å². The quantitative estimate of drug-likeness (QED) is 0.336. The van der Waals surface area contributed by atoms with Crippen LogP contribution in [0.4, 0.5) is 17.6 Å². The van der Waals surface area contributed by atoms with Gasteiger partial charge >= 0.3 is 0 Å². The minimum absolute atomic E-state index is 0.140. The SMILES string of the molecule is C[C@H]1c2nn(C)c(-c3cc(F)c(F)c(F)c3)c2CCN1C(=O)c1ccc(F)c(-n2cnnc2)c1. The van der Waals surface area contributed by atoms with E-state index in [0.29, 0.717) is 24.4 Å². The molecular weight excluding hydrogens is 452 g/mol. The van der Waals surface area contributed by atoms with Crippen LogP contribution in [0.5, 0.6) is 0 Å². The number of aryl methyl sites for hydroxylation is 1. The molecule has 3 heterocycles. The lowest BCUT2D eigenvalue weighted by Gasteiger charge is -2.33. The number of carbonyl (C=O) groups is 1. The van der Waals surface area contributed by atoms with Crippen LogP contribution in [0, 0.1) is 23.3 Å². The molecule has 0 saturated heterocycles. The van der Waals surface area contributed by atoms with Crippen LogP contribution in [-0.4, -0.2) is 41.9 Å². The van der Waals surface area contributed by atoms with Crippen molar-refractivity contribution >= 4 is 5.91 Å². The van der Waals surface area contributed by atoms with Gasteiger partial charge in [0.25, 0.3) is 5.91 Å². The Morgan fingerprint density at radius 3 is 2.35 bits per heavy atom. The van der Waals surface area contributed by atoms with E-state index in [0.717, 1.165) is 17.7 Å². The highest BCUT2D eigenvalue weighted by molar-refractivity contribution is 5.95. The van der Waals surface area contributed by atoms with E-state index >= 15 is 0 Å². The van der Waals surface area contributed by atoms with Crippen LogP contribution in [0.25, 0.3) is 16.9 Å². The third-order valence-electron chi connectivity index (χ3n) is 6.05. The number of halogens is 4. The molecule has 4 aromatic rings. The van der Waals surface area contributed by atoms with Gasteiger partial charge < -0.3 is 4.90 Å². The van der Waals surface area contributed by atoms with Crippen LogP contribution in [0.1, 0.15) is 34.6 Å². The van der Waals surface area contributed by atoms with Crippen molar-refractivity contribution in [3.8, 4) is 16.9 Å². The summed E-state index contributed by atoms with van der Waals surface area (Å²) >= 11 is 0. The molecule has 0 N–H and O–H groups in total. The summed E-state index contributed by atoms with van der Waals surface area (Å²) in [5, 5.41) is 11.8. The first-order valence-corrected chi connectivity index (χ1v) is 10.4. The molecule has 34 heavy (non-hydrogen) atoms. The average Bonchev–Trinajstić information content (AvgIpc) is 3.45. The lowest BCUT2D eigenvalue weighted by molar-refractivity contribution is 0.0673. The summed E-state index contributed by atoms with van der Waals surface area (Å²) in [4.78, 5) is 14.9. The molecule has 0 radical (unpaired) electrons. The largest absolute Gasteiger partial charge is 0.330 e. The van der Waals surface area contributed by atoms with Crippen molar-refractivity contribution in [3.05, 3.63) is 83.1 Å². The van der Waals surface area contributed by atoms with Crippen molar-refractivity contribution < 1.29 is 22.4 Å². The zero-order valence-electron chi connectivity index (χ0n) is 18.1. The molecule has 1 aliphatic rings. The molecule has 11 heteroatoms. The Bertz CT molecular complexity index is 1390. The van der Waals surface area contributed by atoms with Gasteiger partial charge in [-0.1, -0.05) is 0 Å². The summed E-state index contributed by atoms with van der Waals surface area (Å²) in [6, 6.07) is 5.44. The fourth-order valence-electron chi connectivity index (χ4n) is 4.41. The van der Waals surface area contributed by atoms with Gasteiger partial charge in [0.2, 0.25) is 0 Å². The van der Waals surface area contributed by atoms with Crippen LogP contribution in [0.15, 0.2) is 43.0 Å². The Labute approximate surface area is 191 Å². The highest BCUT2D eigenvalue weighted by Gasteiger charge is 2.34. The maximum Gasteiger partial charge on any atom is 0.254 e. The highest BCUT2D eigenvalue weighted by atomic mass is 19.2.